The van der Waals surface area contributed by atoms with E-state index in [9.17, 15) is 4.79 Å². The van der Waals surface area contributed by atoms with Gasteiger partial charge in [-0.3, -0.25) is 4.79 Å². The summed E-state index contributed by atoms with van der Waals surface area (Å²) in [6.45, 7) is 11.6. The second-order valence-electron chi connectivity index (χ2n) is 10.0. The number of hydrogen-bond donors (Lipinski definition) is 1. The van der Waals surface area contributed by atoms with Crippen molar-refractivity contribution in [1.82, 2.24) is 5.32 Å². The van der Waals surface area contributed by atoms with Crippen molar-refractivity contribution >= 4 is 24.6 Å². The summed E-state index contributed by atoms with van der Waals surface area (Å²) in [6.07, 6.45) is 1.42. The molecule has 0 saturated carbocycles. The first-order valence-corrected chi connectivity index (χ1v) is 14.3. The van der Waals surface area contributed by atoms with Gasteiger partial charge in [-0.2, -0.15) is 0 Å². The van der Waals surface area contributed by atoms with Gasteiger partial charge in [-0.15, -0.1) is 0 Å². The molecule has 0 spiro atoms. The third kappa shape index (κ3) is 5.86. The summed E-state index contributed by atoms with van der Waals surface area (Å²) < 4.78 is 7.25. The topological polar surface area (TPSA) is 38.3 Å². The van der Waals surface area contributed by atoms with Gasteiger partial charge >= 0.3 is 0 Å². The fourth-order valence-electron chi connectivity index (χ4n) is 4.76. The molecule has 1 amide bonds. The molecular formula is C30H39NO2Si. The number of benzene rings is 3. The normalized spacial score (nSPS) is 13.8. The van der Waals surface area contributed by atoms with E-state index in [-0.39, 0.29) is 23.0 Å². The Balaban J connectivity index is 1.87. The molecule has 0 aliphatic heterocycles. The van der Waals surface area contributed by atoms with E-state index in [1.54, 1.807) is 0 Å². The molecule has 0 saturated heterocycles. The Bertz CT molecular complexity index is 976. The smallest absolute Gasteiger partial charge is 0.261 e. The Morgan fingerprint density at radius 3 is 1.76 bits per heavy atom. The predicted octanol–water partition coefficient (Wildman–Crippen LogP) is 5.34. The minimum Gasteiger partial charge on any atom is -0.404 e. The van der Waals surface area contributed by atoms with E-state index < -0.39 is 8.32 Å². The second kappa shape index (κ2) is 11.6. The molecule has 3 rings (SSSR count). The quantitative estimate of drug-likeness (QED) is 0.404. The minimum atomic E-state index is -2.71. The highest BCUT2D eigenvalue weighted by Gasteiger charge is 2.52. The molecule has 0 radical (unpaired) electrons. The minimum absolute atomic E-state index is 0.0562. The molecule has 4 heteroatoms. The summed E-state index contributed by atoms with van der Waals surface area (Å²) in [5.74, 6) is -0.192. The van der Waals surface area contributed by atoms with E-state index in [2.05, 4.69) is 106 Å². The van der Waals surface area contributed by atoms with Crippen LogP contribution in [-0.4, -0.2) is 26.9 Å². The number of carbonyl (C=O) groups is 1. The van der Waals surface area contributed by atoms with E-state index in [1.807, 2.05) is 25.1 Å². The molecule has 2 atom stereocenters. The summed E-state index contributed by atoms with van der Waals surface area (Å²) in [7, 11) is -2.71. The summed E-state index contributed by atoms with van der Waals surface area (Å²) in [5.41, 5.74) is 1.23. The van der Waals surface area contributed by atoms with Crippen molar-refractivity contribution in [2.24, 2.45) is 5.92 Å². The second-order valence-corrected chi connectivity index (χ2v) is 14.3. The summed E-state index contributed by atoms with van der Waals surface area (Å²) in [4.78, 5) is 13.2. The van der Waals surface area contributed by atoms with E-state index in [4.69, 9.17) is 4.43 Å². The maximum absolute atomic E-state index is 13.2. The van der Waals surface area contributed by atoms with Gasteiger partial charge in [-0.25, -0.2) is 0 Å². The van der Waals surface area contributed by atoms with Crippen molar-refractivity contribution < 1.29 is 9.22 Å². The lowest BCUT2D eigenvalue weighted by atomic mass is 10.0. The van der Waals surface area contributed by atoms with Crippen molar-refractivity contribution in [1.29, 1.82) is 0 Å². The van der Waals surface area contributed by atoms with E-state index >= 15 is 0 Å². The number of carbonyl (C=O) groups excluding carboxylic acids is 1. The zero-order valence-electron chi connectivity index (χ0n) is 21.3. The monoisotopic (exact) mass is 473 g/mol. The maximum Gasteiger partial charge on any atom is 0.261 e. The lowest BCUT2D eigenvalue weighted by molar-refractivity contribution is -0.127. The van der Waals surface area contributed by atoms with Crippen LogP contribution in [0.5, 0.6) is 0 Å². The lowest BCUT2D eigenvalue weighted by Crippen LogP contribution is -2.68. The number of hydrogen-bond acceptors (Lipinski definition) is 2. The first-order chi connectivity index (χ1) is 16.3. The SMILES string of the molecule is CC[C@@H](O[Si](c1ccccc1)(c1ccccc1)C(C)(C)C)[C@@H](C)C(=O)NCCc1ccccc1. The lowest BCUT2D eigenvalue weighted by Gasteiger charge is -2.46. The molecule has 3 aromatic carbocycles. The van der Waals surface area contributed by atoms with Crippen LogP contribution in [0.25, 0.3) is 0 Å². The van der Waals surface area contributed by atoms with Gasteiger partial charge in [0, 0.05) is 6.54 Å². The molecule has 3 nitrogen and oxygen atoms in total. The highest BCUT2D eigenvalue weighted by Crippen LogP contribution is 2.38. The van der Waals surface area contributed by atoms with Crippen LogP contribution in [-0.2, 0) is 15.6 Å². The first kappa shape index (κ1) is 25.9. The number of rotatable bonds is 10. The Hall–Kier alpha value is -2.69. The van der Waals surface area contributed by atoms with Crippen LogP contribution in [0.3, 0.4) is 0 Å². The molecule has 0 heterocycles. The average molecular weight is 474 g/mol. The van der Waals surface area contributed by atoms with Crippen molar-refractivity contribution in [2.75, 3.05) is 6.54 Å². The van der Waals surface area contributed by atoms with E-state index in [1.165, 1.54) is 15.9 Å². The van der Waals surface area contributed by atoms with Crippen LogP contribution in [0.1, 0.15) is 46.6 Å². The number of amides is 1. The molecule has 0 aliphatic rings. The molecule has 0 fully saturated rings. The summed E-state index contributed by atoms with van der Waals surface area (Å²) in [6, 6.07) is 31.5. The Morgan fingerprint density at radius 1 is 0.853 bits per heavy atom. The third-order valence-corrected chi connectivity index (χ3v) is 11.7. The molecule has 1 N–H and O–H groups in total. The Labute approximate surface area is 206 Å². The van der Waals surface area contributed by atoms with Crippen molar-refractivity contribution in [3.05, 3.63) is 96.6 Å². The maximum atomic E-state index is 13.2. The van der Waals surface area contributed by atoms with Crippen LogP contribution in [0, 0.1) is 5.92 Å². The number of nitrogens with one attached hydrogen (secondary N) is 1. The average Bonchev–Trinajstić information content (AvgIpc) is 2.85. The van der Waals surface area contributed by atoms with Gasteiger partial charge in [-0.1, -0.05) is 126 Å². The Morgan fingerprint density at radius 2 is 1.32 bits per heavy atom. The van der Waals surface area contributed by atoms with Gasteiger partial charge in [0.1, 0.15) is 0 Å². The molecule has 0 aromatic heterocycles. The van der Waals surface area contributed by atoms with E-state index in [0.29, 0.717) is 6.54 Å². The van der Waals surface area contributed by atoms with Crippen LogP contribution < -0.4 is 15.7 Å². The van der Waals surface area contributed by atoms with Crippen LogP contribution in [0.15, 0.2) is 91.0 Å². The van der Waals surface area contributed by atoms with Gasteiger partial charge in [0.25, 0.3) is 8.32 Å². The molecular weight excluding hydrogens is 434 g/mol. The molecule has 0 bridgehead atoms. The zero-order valence-corrected chi connectivity index (χ0v) is 22.3. The fraction of sp³-hybridized carbons (Fsp3) is 0.367. The largest absolute Gasteiger partial charge is 0.404 e. The standard InChI is InChI=1S/C30H39NO2Si/c1-6-28(24(2)29(32)31-23-22-25-16-10-7-11-17-25)33-34(30(3,4)5,26-18-12-8-13-19-26)27-20-14-9-15-21-27/h7-21,24,28H,6,22-23H2,1-5H3,(H,31,32)/t24-,28-/m1/s1. The van der Waals surface area contributed by atoms with Gasteiger partial charge in [0.05, 0.1) is 12.0 Å². The van der Waals surface area contributed by atoms with Crippen LogP contribution in [0.2, 0.25) is 5.04 Å². The highest BCUT2D eigenvalue weighted by atomic mass is 28.4. The van der Waals surface area contributed by atoms with E-state index in [0.717, 1.165) is 12.8 Å². The first-order valence-electron chi connectivity index (χ1n) is 12.4. The van der Waals surface area contributed by atoms with Gasteiger partial charge in [0.15, 0.2) is 0 Å². The summed E-state index contributed by atoms with van der Waals surface area (Å²) >= 11 is 0. The fourth-order valence-corrected chi connectivity index (χ4v) is 9.60. The van der Waals surface area contributed by atoms with Crippen molar-refractivity contribution in [2.45, 2.75) is 58.6 Å². The third-order valence-electron chi connectivity index (χ3n) is 6.67. The molecule has 180 valence electrons. The molecule has 0 unspecified atom stereocenters. The van der Waals surface area contributed by atoms with Gasteiger partial charge in [-0.05, 0) is 33.8 Å². The van der Waals surface area contributed by atoms with Gasteiger partial charge < -0.3 is 9.74 Å². The molecule has 0 aliphatic carbocycles. The van der Waals surface area contributed by atoms with Crippen molar-refractivity contribution in [3.8, 4) is 0 Å². The predicted molar refractivity (Wildman–Crippen MR) is 145 cm³/mol. The van der Waals surface area contributed by atoms with Crippen molar-refractivity contribution in [3.63, 3.8) is 0 Å². The highest BCUT2D eigenvalue weighted by molar-refractivity contribution is 6.99. The van der Waals surface area contributed by atoms with Crippen LogP contribution in [0.4, 0.5) is 0 Å². The molecule has 3 aromatic rings. The molecule has 34 heavy (non-hydrogen) atoms. The zero-order chi connectivity index (χ0) is 24.6. The van der Waals surface area contributed by atoms with Crippen LogP contribution >= 0.6 is 0 Å². The van der Waals surface area contributed by atoms with Gasteiger partial charge in [0.2, 0.25) is 5.91 Å². The Kier molecular flexibility index (Phi) is 8.87. The summed E-state index contributed by atoms with van der Waals surface area (Å²) in [5, 5.41) is 5.51.